The van der Waals surface area contributed by atoms with E-state index in [2.05, 4.69) is 4.98 Å². The van der Waals surface area contributed by atoms with Crippen LogP contribution in [0.4, 0.5) is 0 Å². The average molecular weight is 210 g/mol. The van der Waals surface area contributed by atoms with Gasteiger partial charge in [0.25, 0.3) is 0 Å². The Morgan fingerprint density at radius 2 is 2.57 bits per heavy atom. The first-order valence-corrected chi connectivity index (χ1v) is 5.25. The van der Waals surface area contributed by atoms with Gasteiger partial charge in [-0.05, 0) is 6.42 Å². The van der Waals surface area contributed by atoms with Gasteiger partial charge >= 0.3 is 5.97 Å². The molecule has 0 unspecified atom stereocenters. The molecule has 2 aromatic rings. The SMILES string of the molecule is CC[C@@H](C(=O)O)c1cn2ccsc2n1. The Bertz CT molecular complexity index is 432. The van der Waals surface area contributed by atoms with E-state index in [9.17, 15) is 4.79 Å². The number of carboxylic acid groups (broad SMARTS) is 1. The Labute approximate surface area is 84.8 Å². The van der Waals surface area contributed by atoms with E-state index in [4.69, 9.17) is 5.11 Å². The molecular formula is C9H10N2O2S. The molecule has 5 heteroatoms. The summed E-state index contributed by atoms with van der Waals surface area (Å²) in [5.74, 6) is -1.29. The monoisotopic (exact) mass is 210 g/mol. The minimum atomic E-state index is -0.807. The van der Waals surface area contributed by atoms with Gasteiger partial charge < -0.3 is 5.11 Å². The fourth-order valence-electron chi connectivity index (χ4n) is 1.42. The molecule has 0 saturated heterocycles. The molecule has 2 heterocycles. The van der Waals surface area contributed by atoms with Gasteiger partial charge in [0.2, 0.25) is 0 Å². The molecule has 2 rings (SSSR count). The lowest BCUT2D eigenvalue weighted by Gasteiger charge is -2.04. The fourth-order valence-corrected chi connectivity index (χ4v) is 2.13. The summed E-state index contributed by atoms with van der Waals surface area (Å²) in [6, 6.07) is 0. The van der Waals surface area contributed by atoms with Crippen LogP contribution in [-0.4, -0.2) is 20.5 Å². The molecule has 0 aliphatic heterocycles. The maximum absolute atomic E-state index is 10.9. The summed E-state index contributed by atoms with van der Waals surface area (Å²) in [4.78, 5) is 16.0. The molecule has 1 atom stereocenters. The van der Waals surface area contributed by atoms with Crippen LogP contribution in [0, 0.1) is 0 Å². The highest BCUT2D eigenvalue weighted by Gasteiger charge is 2.20. The second-order valence-corrected chi connectivity index (χ2v) is 3.93. The van der Waals surface area contributed by atoms with Gasteiger partial charge in [0, 0.05) is 17.8 Å². The number of thiazole rings is 1. The number of nitrogens with zero attached hydrogens (tertiary/aromatic N) is 2. The number of hydrogen-bond acceptors (Lipinski definition) is 3. The number of rotatable bonds is 3. The summed E-state index contributed by atoms with van der Waals surface area (Å²) < 4.78 is 1.85. The normalized spacial score (nSPS) is 13.2. The minimum absolute atomic E-state index is 0.484. The molecule has 0 spiro atoms. The Hall–Kier alpha value is -1.36. The smallest absolute Gasteiger partial charge is 0.312 e. The zero-order valence-corrected chi connectivity index (χ0v) is 8.49. The van der Waals surface area contributed by atoms with Crippen molar-refractivity contribution in [1.29, 1.82) is 0 Å². The minimum Gasteiger partial charge on any atom is -0.481 e. The van der Waals surface area contributed by atoms with Crippen molar-refractivity contribution in [3.05, 3.63) is 23.5 Å². The molecule has 0 aliphatic carbocycles. The van der Waals surface area contributed by atoms with Crippen LogP contribution in [0.25, 0.3) is 4.96 Å². The molecule has 1 N–H and O–H groups in total. The van der Waals surface area contributed by atoms with Crippen molar-refractivity contribution in [2.75, 3.05) is 0 Å². The van der Waals surface area contributed by atoms with E-state index in [-0.39, 0.29) is 0 Å². The lowest BCUT2D eigenvalue weighted by Crippen LogP contribution is -2.10. The summed E-state index contributed by atoms with van der Waals surface area (Å²) in [7, 11) is 0. The van der Waals surface area contributed by atoms with Crippen LogP contribution in [0.2, 0.25) is 0 Å². The molecule has 4 nitrogen and oxygen atoms in total. The maximum atomic E-state index is 10.9. The van der Waals surface area contributed by atoms with Crippen LogP contribution in [0.15, 0.2) is 17.8 Å². The first-order valence-electron chi connectivity index (χ1n) is 4.37. The van der Waals surface area contributed by atoms with Crippen molar-refractivity contribution < 1.29 is 9.90 Å². The molecule has 0 bridgehead atoms. The third kappa shape index (κ3) is 1.39. The van der Waals surface area contributed by atoms with E-state index in [1.54, 1.807) is 6.20 Å². The molecule has 2 aromatic heterocycles. The number of aromatic nitrogens is 2. The Kier molecular flexibility index (Phi) is 2.25. The van der Waals surface area contributed by atoms with Gasteiger partial charge in [0.15, 0.2) is 4.96 Å². The van der Waals surface area contributed by atoms with Gasteiger partial charge in [-0.25, -0.2) is 4.98 Å². The van der Waals surface area contributed by atoms with Gasteiger partial charge in [0.05, 0.1) is 5.69 Å². The van der Waals surface area contributed by atoms with Gasteiger partial charge in [-0.15, -0.1) is 11.3 Å². The van der Waals surface area contributed by atoms with Gasteiger partial charge in [0.1, 0.15) is 5.92 Å². The lowest BCUT2D eigenvalue weighted by atomic mass is 10.0. The quantitative estimate of drug-likeness (QED) is 0.842. The number of aliphatic carboxylic acids is 1. The molecule has 0 amide bonds. The van der Waals surface area contributed by atoms with E-state index in [1.807, 2.05) is 22.9 Å². The predicted molar refractivity (Wildman–Crippen MR) is 53.7 cm³/mol. The summed E-state index contributed by atoms with van der Waals surface area (Å²) in [5.41, 5.74) is 0.645. The first-order chi connectivity index (χ1) is 6.72. The average Bonchev–Trinajstić information content (AvgIpc) is 2.63. The predicted octanol–water partition coefficient (Wildman–Crippen LogP) is 1.97. The van der Waals surface area contributed by atoms with Gasteiger partial charge in [-0.1, -0.05) is 6.92 Å². The summed E-state index contributed by atoms with van der Waals surface area (Å²) in [5, 5.41) is 10.9. The molecule has 0 saturated carbocycles. The van der Waals surface area contributed by atoms with Crippen LogP contribution < -0.4 is 0 Å². The largest absolute Gasteiger partial charge is 0.481 e. The molecule has 0 aliphatic rings. The van der Waals surface area contributed by atoms with Gasteiger partial charge in [-0.2, -0.15) is 0 Å². The van der Waals surface area contributed by atoms with Crippen molar-refractivity contribution >= 4 is 22.3 Å². The van der Waals surface area contributed by atoms with E-state index in [1.165, 1.54) is 11.3 Å². The van der Waals surface area contributed by atoms with Crippen LogP contribution >= 0.6 is 11.3 Å². The zero-order valence-electron chi connectivity index (χ0n) is 7.67. The molecule has 14 heavy (non-hydrogen) atoms. The van der Waals surface area contributed by atoms with Crippen molar-refractivity contribution in [2.24, 2.45) is 0 Å². The van der Waals surface area contributed by atoms with Crippen molar-refractivity contribution in [3.63, 3.8) is 0 Å². The van der Waals surface area contributed by atoms with E-state index in [0.717, 1.165) is 4.96 Å². The molecule has 0 radical (unpaired) electrons. The van der Waals surface area contributed by atoms with E-state index in [0.29, 0.717) is 12.1 Å². The lowest BCUT2D eigenvalue weighted by molar-refractivity contribution is -0.138. The Balaban J connectivity index is 2.42. The zero-order chi connectivity index (χ0) is 10.1. The second kappa shape index (κ2) is 3.42. The fraction of sp³-hybridized carbons (Fsp3) is 0.333. The summed E-state index contributed by atoms with van der Waals surface area (Å²) >= 11 is 1.51. The first kappa shape index (κ1) is 9.21. The highest BCUT2D eigenvalue weighted by Crippen LogP contribution is 2.21. The number of carbonyl (C=O) groups is 1. The second-order valence-electron chi connectivity index (χ2n) is 3.06. The molecule has 0 fully saturated rings. The highest BCUT2D eigenvalue weighted by atomic mass is 32.1. The highest BCUT2D eigenvalue weighted by molar-refractivity contribution is 7.15. The number of carboxylic acids is 1. The Morgan fingerprint density at radius 3 is 3.14 bits per heavy atom. The maximum Gasteiger partial charge on any atom is 0.312 e. The van der Waals surface area contributed by atoms with Crippen molar-refractivity contribution in [2.45, 2.75) is 19.3 Å². The summed E-state index contributed by atoms with van der Waals surface area (Å²) in [6.07, 6.45) is 4.24. The van der Waals surface area contributed by atoms with Gasteiger partial charge in [-0.3, -0.25) is 9.20 Å². The molecule has 74 valence electrons. The van der Waals surface area contributed by atoms with E-state index >= 15 is 0 Å². The third-order valence-electron chi connectivity index (χ3n) is 2.18. The number of fused-ring (bicyclic) bond motifs is 1. The van der Waals surface area contributed by atoms with E-state index < -0.39 is 11.9 Å². The topological polar surface area (TPSA) is 54.6 Å². The standard InChI is InChI=1S/C9H10N2O2S/c1-2-6(8(12)13)7-5-11-3-4-14-9(11)10-7/h3-6H,2H2,1H3,(H,12,13)/t6-/m1/s1. The summed E-state index contributed by atoms with van der Waals surface area (Å²) in [6.45, 7) is 1.85. The Morgan fingerprint density at radius 1 is 1.79 bits per heavy atom. The van der Waals surface area contributed by atoms with Crippen LogP contribution in [0.3, 0.4) is 0 Å². The third-order valence-corrected chi connectivity index (χ3v) is 2.95. The van der Waals surface area contributed by atoms with Crippen LogP contribution in [0.1, 0.15) is 25.0 Å². The van der Waals surface area contributed by atoms with Crippen molar-refractivity contribution in [1.82, 2.24) is 9.38 Å². The molecular weight excluding hydrogens is 200 g/mol. The van der Waals surface area contributed by atoms with Crippen molar-refractivity contribution in [3.8, 4) is 0 Å². The van der Waals surface area contributed by atoms with Crippen LogP contribution in [-0.2, 0) is 4.79 Å². The van der Waals surface area contributed by atoms with Crippen LogP contribution in [0.5, 0.6) is 0 Å². The molecule has 0 aromatic carbocycles. The number of hydrogen-bond donors (Lipinski definition) is 1. The number of imidazole rings is 1.